The zero-order valence-electron chi connectivity index (χ0n) is 19.1. The number of ether oxygens (including phenoxy) is 2. The monoisotopic (exact) mass is 499 g/mol. The van der Waals surface area contributed by atoms with Crippen LogP contribution in [0, 0.1) is 6.92 Å². The minimum atomic E-state index is -3.89. The molecule has 0 saturated carbocycles. The van der Waals surface area contributed by atoms with Gasteiger partial charge in [0.15, 0.2) is 0 Å². The van der Waals surface area contributed by atoms with Gasteiger partial charge in [-0.25, -0.2) is 8.42 Å². The van der Waals surface area contributed by atoms with E-state index in [0.29, 0.717) is 35.2 Å². The van der Waals surface area contributed by atoms with E-state index in [1.54, 1.807) is 25.3 Å². The quantitative estimate of drug-likeness (QED) is 0.527. The number of nitrogens with zero attached hydrogens (tertiary/aromatic N) is 2. The lowest BCUT2D eigenvalue weighted by Gasteiger charge is -2.28. The number of aryl methyl sites for hydroxylation is 1. The number of rotatable bonds is 6. The maximum absolute atomic E-state index is 13.2. The van der Waals surface area contributed by atoms with Crippen LogP contribution < -0.4 is 19.1 Å². The van der Waals surface area contributed by atoms with Gasteiger partial charge in [-0.15, -0.1) is 0 Å². The van der Waals surface area contributed by atoms with Crippen LogP contribution in [0.2, 0.25) is 5.02 Å². The number of halogens is 1. The van der Waals surface area contributed by atoms with Gasteiger partial charge < -0.3 is 14.4 Å². The number of pyridine rings is 1. The predicted molar refractivity (Wildman–Crippen MR) is 133 cm³/mol. The van der Waals surface area contributed by atoms with Crippen molar-refractivity contribution in [3.8, 4) is 11.5 Å². The summed E-state index contributed by atoms with van der Waals surface area (Å²) in [5.74, 6) is 1.39. The van der Waals surface area contributed by atoms with Gasteiger partial charge in [-0.3, -0.25) is 9.71 Å². The SMILES string of the molecule is Cc1c(Cl)cccc1S(=O)(=O)Nc1cnc2c(c1OCc1ccc3c(c1)N(C)CCO3)CCC2. The van der Waals surface area contributed by atoms with Crippen LogP contribution in [-0.4, -0.2) is 33.6 Å². The number of fused-ring (bicyclic) bond motifs is 2. The van der Waals surface area contributed by atoms with Crippen LogP contribution >= 0.6 is 11.6 Å². The number of benzene rings is 2. The minimum absolute atomic E-state index is 0.129. The van der Waals surface area contributed by atoms with E-state index < -0.39 is 10.0 Å². The largest absolute Gasteiger partial charge is 0.490 e. The van der Waals surface area contributed by atoms with Gasteiger partial charge in [-0.2, -0.15) is 0 Å². The van der Waals surface area contributed by atoms with Crippen molar-refractivity contribution in [2.24, 2.45) is 0 Å². The topological polar surface area (TPSA) is 80.8 Å². The molecule has 0 saturated heterocycles. The number of anilines is 2. The van der Waals surface area contributed by atoms with Gasteiger partial charge in [0.25, 0.3) is 10.0 Å². The number of sulfonamides is 1. The summed E-state index contributed by atoms with van der Waals surface area (Å²) in [4.78, 5) is 6.79. The van der Waals surface area contributed by atoms with Crippen molar-refractivity contribution in [2.45, 2.75) is 37.7 Å². The van der Waals surface area contributed by atoms with Crippen LogP contribution in [0.4, 0.5) is 11.4 Å². The first-order valence-electron chi connectivity index (χ1n) is 11.2. The second kappa shape index (κ2) is 9.00. The van der Waals surface area contributed by atoms with Gasteiger partial charge in [-0.05, 0) is 61.6 Å². The van der Waals surface area contributed by atoms with E-state index in [2.05, 4.69) is 20.7 Å². The van der Waals surface area contributed by atoms with Crippen LogP contribution in [0.1, 0.15) is 28.8 Å². The van der Waals surface area contributed by atoms with E-state index in [9.17, 15) is 8.42 Å². The summed E-state index contributed by atoms with van der Waals surface area (Å²) < 4.78 is 41.1. The fourth-order valence-corrected chi connectivity index (χ4v) is 5.98. The summed E-state index contributed by atoms with van der Waals surface area (Å²) in [5.41, 5.74) is 4.73. The molecule has 178 valence electrons. The van der Waals surface area contributed by atoms with Crippen LogP contribution in [-0.2, 0) is 29.5 Å². The number of aromatic nitrogens is 1. The normalized spacial score (nSPS) is 14.9. The highest BCUT2D eigenvalue weighted by Gasteiger charge is 2.25. The number of hydrogen-bond acceptors (Lipinski definition) is 6. The van der Waals surface area contributed by atoms with Gasteiger partial charge in [0.2, 0.25) is 0 Å². The molecule has 5 rings (SSSR count). The Morgan fingerprint density at radius 3 is 2.94 bits per heavy atom. The average Bonchev–Trinajstić information content (AvgIpc) is 3.29. The molecule has 7 nitrogen and oxygen atoms in total. The number of likely N-dealkylation sites (N-methyl/N-ethyl adjacent to an activating group) is 1. The molecule has 2 aliphatic rings. The van der Waals surface area contributed by atoms with E-state index in [1.165, 1.54) is 6.07 Å². The molecule has 0 fully saturated rings. The van der Waals surface area contributed by atoms with E-state index in [-0.39, 0.29) is 4.90 Å². The smallest absolute Gasteiger partial charge is 0.262 e. The molecule has 1 aliphatic heterocycles. The third-order valence-corrected chi connectivity index (χ3v) is 8.23. The Kier molecular flexibility index (Phi) is 6.04. The summed E-state index contributed by atoms with van der Waals surface area (Å²) in [6.07, 6.45) is 4.16. The minimum Gasteiger partial charge on any atom is -0.490 e. The van der Waals surface area contributed by atoms with Crippen molar-refractivity contribution in [1.82, 2.24) is 4.98 Å². The molecule has 1 N–H and O–H groups in total. The van der Waals surface area contributed by atoms with Crippen LogP contribution in [0.15, 0.2) is 47.5 Å². The third kappa shape index (κ3) is 4.28. The molecule has 0 atom stereocenters. The predicted octanol–water partition coefficient (Wildman–Crippen LogP) is 4.74. The summed E-state index contributed by atoms with van der Waals surface area (Å²) in [6.45, 7) is 3.47. The zero-order chi connectivity index (χ0) is 23.9. The van der Waals surface area contributed by atoms with Crippen LogP contribution in [0.25, 0.3) is 0 Å². The third-order valence-electron chi connectivity index (χ3n) is 6.31. The number of nitrogens with one attached hydrogen (secondary N) is 1. The van der Waals surface area contributed by atoms with Crippen molar-refractivity contribution >= 4 is 33.0 Å². The fraction of sp³-hybridized carbons (Fsp3) is 0.320. The summed E-state index contributed by atoms with van der Waals surface area (Å²) in [7, 11) is -1.85. The van der Waals surface area contributed by atoms with Crippen molar-refractivity contribution in [3.63, 3.8) is 0 Å². The Morgan fingerprint density at radius 1 is 1.24 bits per heavy atom. The van der Waals surface area contributed by atoms with E-state index >= 15 is 0 Å². The maximum atomic E-state index is 13.2. The van der Waals surface area contributed by atoms with E-state index in [4.69, 9.17) is 21.1 Å². The zero-order valence-corrected chi connectivity index (χ0v) is 20.7. The molecule has 2 heterocycles. The number of hydrogen-bond donors (Lipinski definition) is 1. The van der Waals surface area contributed by atoms with Gasteiger partial charge in [0.1, 0.15) is 30.4 Å². The molecule has 0 radical (unpaired) electrons. The first kappa shape index (κ1) is 22.8. The Labute approximate surface area is 204 Å². The van der Waals surface area contributed by atoms with Crippen LogP contribution in [0.5, 0.6) is 11.5 Å². The van der Waals surface area contributed by atoms with Crippen molar-refractivity contribution in [1.29, 1.82) is 0 Å². The lowest BCUT2D eigenvalue weighted by atomic mass is 10.1. The molecular formula is C25H26ClN3O4S. The van der Waals surface area contributed by atoms with Crippen molar-refractivity contribution < 1.29 is 17.9 Å². The van der Waals surface area contributed by atoms with Gasteiger partial charge in [0.05, 0.1) is 23.3 Å². The molecule has 1 aliphatic carbocycles. The standard InChI is InChI=1S/C25H26ClN3O4S/c1-16-19(26)6-4-8-24(16)34(30,31)28-21-14-27-20-7-3-5-18(20)25(21)33-15-17-9-10-23-22(13-17)29(2)11-12-32-23/h4,6,8-10,13-14,28H,3,5,7,11-12,15H2,1-2H3. The molecule has 0 spiro atoms. The highest BCUT2D eigenvalue weighted by atomic mass is 35.5. The second-order valence-electron chi connectivity index (χ2n) is 8.61. The molecular weight excluding hydrogens is 474 g/mol. The summed E-state index contributed by atoms with van der Waals surface area (Å²) >= 11 is 6.17. The van der Waals surface area contributed by atoms with E-state index in [0.717, 1.165) is 54.1 Å². The molecule has 0 bridgehead atoms. The van der Waals surface area contributed by atoms with Gasteiger partial charge >= 0.3 is 0 Å². The Hall–Kier alpha value is -2.97. The molecule has 2 aromatic carbocycles. The lowest BCUT2D eigenvalue weighted by molar-refractivity contribution is 0.300. The first-order valence-corrected chi connectivity index (χ1v) is 13.1. The van der Waals surface area contributed by atoms with Gasteiger partial charge in [-0.1, -0.05) is 23.7 Å². The lowest BCUT2D eigenvalue weighted by Crippen LogP contribution is -2.28. The Balaban J connectivity index is 1.45. The Bertz CT molecular complexity index is 1360. The van der Waals surface area contributed by atoms with Crippen molar-refractivity contribution in [3.05, 3.63) is 70.0 Å². The second-order valence-corrected chi connectivity index (χ2v) is 10.7. The molecule has 9 heteroatoms. The summed E-state index contributed by atoms with van der Waals surface area (Å²) in [6, 6.07) is 10.8. The summed E-state index contributed by atoms with van der Waals surface area (Å²) in [5, 5.41) is 0.396. The maximum Gasteiger partial charge on any atom is 0.262 e. The Morgan fingerprint density at radius 2 is 2.09 bits per heavy atom. The van der Waals surface area contributed by atoms with Crippen LogP contribution in [0.3, 0.4) is 0 Å². The highest BCUT2D eigenvalue weighted by Crippen LogP contribution is 2.38. The molecule has 0 amide bonds. The molecule has 1 aromatic heterocycles. The first-order chi connectivity index (χ1) is 16.3. The van der Waals surface area contributed by atoms with Crippen molar-refractivity contribution in [2.75, 3.05) is 29.8 Å². The molecule has 34 heavy (non-hydrogen) atoms. The highest BCUT2D eigenvalue weighted by molar-refractivity contribution is 7.92. The fourth-order valence-electron chi connectivity index (χ4n) is 4.44. The average molecular weight is 500 g/mol. The molecule has 0 unspecified atom stereocenters. The van der Waals surface area contributed by atoms with E-state index in [1.807, 2.05) is 19.2 Å². The van der Waals surface area contributed by atoms with Gasteiger partial charge in [0, 0.05) is 23.3 Å². The molecule has 3 aromatic rings.